The summed E-state index contributed by atoms with van der Waals surface area (Å²) in [7, 11) is 1.55. The van der Waals surface area contributed by atoms with Crippen LogP contribution in [0.15, 0.2) is 54.9 Å². The van der Waals surface area contributed by atoms with Crippen LogP contribution < -0.4 is 9.47 Å². The van der Waals surface area contributed by atoms with E-state index in [0.29, 0.717) is 29.3 Å². The Hall–Kier alpha value is -3.61. The smallest absolute Gasteiger partial charge is 0.303 e. The molecule has 2 aromatic carbocycles. The molecule has 0 saturated heterocycles. The largest absolute Gasteiger partial charge is 0.497 e. The fourth-order valence-electron chi connectivity index (χ4n) is 4.36. The van der Waals surface area contributed by atoms with Gasteiger partial charge in [0.05, 0.1) is 18.5 Å². The van der Waals surface area contributed by atoms with Gasteiger partial charge >= 0.3 is 5.97 Å². The summed E-state index contributed by atoms with van der Waals surface area (Å²) in [5.41, 5.74) is 3.83. The van der Waals surface area contributed by atoms with Crippen molar-refractivity contribution in [1.82, 2.24) is 9.55 Å². The zero-order valence-electron chi connectivity index (χ0n) is 21.7. The third-order valence-electron chi connectivity index (χ3n) is 6.26. The number of carboxylic acid groups (broad SMARTS) is 1. The Bertz CT molecular complexity index is 1230. The Morgan fingerprint density at radius 1 is 1.17 bits per heavy atom. The number of allylic oxidation sites excluding steroid dienone is 2. The van der Waals surface area contributed by atoms with Crippen LogP contribution in [-0.2, 0) is 17.8 Å². The Morgan fingerprint density at radius 2 is 1.94 bits per heavy atom. The third-order valence-corrected chi connectivity index (χ3v) is 6.26. The Labute approximate surface area is 212 Å². The fourth-order valence-corrected chi connectivity index (χ4v) is 4.36. The Morgan fingerprint density at radius 3 is 2.61 bits per heavy atom. The maximum absolute atomic E-state index is 14.9. The van der Waals surface area contributed by atoms with Crippen molar-refractivity contribution in [2.24, 2.45) is 5.41 Å². The standard InChI is InChI=1S/C27H29FN2O4.C2H6/c1-27(2)13-5-8-21(27)26-23(16-34-20-7-4-6-18(14-20)9-12-25(31)32)29-17-30(26)24-15-19(33-3)10-11-22(24)28;1-2/h4,6-8,10-11,14-15,17H,5,9,12-13,16H2,1-3H3,(H,31,32);1-2H3. The molecule has 7 heteroatoms. The molecule has 1 aliphatic rings. The van der Waals surface area contributed by atoms with Crippen molar-refractivity contribution in [3.05, 3.63) is 77.6 Å². The Balaban J connectivity index is 0.00000176. The quantitative estimate of drug-likeness (QED) is 0.352. The number of aromatic nitrogens is 2. The summed E-state index contributed by atoms with van der Waals surface area (Å²) in [6.07, 6.45) is 6.27. The second-order valence-electron chi connectivity index (χ2n) is 9.10. The summed E-state index contributed by atoms with van der Waals surface area (Å²) in [6, 6.07) is 12.1. The third kappa shape index (κ3) is 6.14. The first-order valence-corrected chi connectivity index (χ1v) is 12.3. The predicted molar refractivity (Wildman–Crippen MR) is 139 cm³/mol. The van der Waals surface area contributed by atoms with Crippen molar-refractivity contribution >= 4 is 11.5 Å². The molecular formula is C29H35FN2O4. The highest BCUT2D eigenvalue weighted by Crippen LogP contribution is 2.45. The van der Waals surface area contributed by atoms with Crippen LogP contribution in [0, 0.1) is 11.2 Å². The van der Waals surface area contributed by atoms with Gasteiger partial charge in [0.2, 0.25) is 0 Å². The van der Waals surface area contributed by atoms with E-state index < -0.39 is 5.97 Å². The van der Waals surface area contributed by atoms with Gasteiger partial charge in [0.1, 0.15) is 35.9 Å². The number of ether oxygens (including phenoxy) is 2. The van der Waals surface area contributed by atoms with Crippen molar-refractivity contribution in [1.29, 1.82) is 0 Å². The minimum Gasteiger partial charge on any atom is -0.497 e. The summed E-state index contributed by atoms with van der Waals surface area (Å²) >= 11 is 0. The molecule has 1 heterocycles. The summed E-state index contributed by atoms with van der Waals surface area (Å²) in [6.45, 7) is 8.56. The average Bonchev–Trinajstić information content (AvgIpc) is 3.44. The first-order valence-electron chi connectivity index (χ1n) is 12.3. The number of aliphatic carboxylic acids is 1. The molecule has 36 heavy (non-hydrogen) atoms. The molecule has 1 aromatic heterocycles. The predicted octanol–water partition coefficient (Wildman–Crippen LogP) is 6.85. The van der Waals surface area contributed by atoms with Gasteiger partial charge in [0.15, 0.2) is 0 Å². The highest BCUT2D eigenvalue weighted by Gasteiger charge is 2.33. The zero-order valence-corrected chi connectivity index (χ0v) is 21.7. The monoisotopic (exact) mass is 494 g/mol. The van der Waals surface area contributed by atoms with Gasteiger partial charge in [-0.15, -0.1) is 0 Å². The number of benzene rings is 2. The fraction of sp³-hybridized carbons (Fsp3) is 0.379. The summed E-state index contributed by atoms with van der Waals surface area (Å²) < 4.78 is 28.0. The number of carbonyl (C=O) groups is 1. The number of halogens is 1. The number of methoxy groups -OCH3 is 1. The first kappa shape index (κ1) is 27.0. The van der Waals surface area contributed by atoms with Crippen LogP contribution in [0.4, 0.5) is 4.39 Å². The second kappa shape index (κ2) is 11.9. The number of nitrogens with zero attached hydrogens (tertiary/aromatic N) is 2. The van der Waals surface area contributed by atoms with Gasteiger partial charge in [0.25, 0.3) is 0 Å². The van der Waals surface area contributed by atoms with Crippen LogP contribution in [0.2, 0.25) is 0 Å². The molecule has 0 amide bonds. The van der Waals surface area contributed by atoms with E-state index in [1.807, 2.05) is 38.1 Å². The number of hydrogen-bond donors (Lipinski definition) is 1. The number of rotatable bonds is 9. The highest BCUT2D eigenvalue weighted by atomic mass is 19.1. The van der Waals surface area contributed by atoms with Crippen LogP contribution in [-0.4, -0.2) is 27.7 Å². The topological polar surface area (TPSA) is 73.6 Å². The van der Waals surface area contributed by atoms with Crippen LogP contribution in [0.3, 0.4) is 0 Å². The maximum atomic E-state index is 14.9. The average molecular weight is 495 g/mol. The molecule has 0 radical (unpaired) electrons. The van der Waals surface area contributed by atoms with E-state index in [-0.39, 0.29) is 24.3 Å². The molecule has 6 nitrogen and oxygen atoms in total. The second-order valence-corrected chi connectivity index (χ2v) is 9.10. The number of aryl methyl sites for hydroxylation is 1. The van der Waals surface area contributed by atoms with Gasteiger partial charge in [-0.3, -0.25) is 9.36 Å². The lowest BCUT2D eigenvalue weighted by Gasteiger charge is -2.25. The lowest BCUT2D eigenvalue weighted by Crippen LogP contribution is -2.14. The molecule has 0 bridgehead atoms. The lowest BCUT2D eigenvalue weighted by atomic mass is 9.83. The van der Waals surface area contributed by atoms with Gasteiger partial charge in [-0.25, -0.2) is 9.37 Å². The van der Waals surface area contributed by atoms with Gasteiger partial charge in [-0.1, -0.05) is 45.9 Å². The van der Waals surface area contributed by atoms with Crippen LogP contribution in [0.25, 0.3) is 11.3 Å². The Kier molecular flexibility index (Phi) is 8.91. The zero-order chi connectivity index (χ0) is 26.3. The molecule has 4 rings (SSSR count). The van der Waals surface area contributed by atoms with Gasteiger partial charge < -0.3 is 14.6 Å². The SMILES string of the molecule is CC.COc1ccc(F)c(-n2cnc(COc3cccc(CCC(=O)O)c3)c2C2=CCCC2(C)C)c1. The number of hydrogen-bond acceptors (Lipinski definition) is 4. The molecule has 0 atom stereocenters. The molecule has 0 spiro atoms. The van der Waals surface area contributed by atoms with E-state index in [1.165, 1.54) is 6.07 Å². The van der Waals surface area contributed by atoms with E-state index in [4.69, 9.17) is 14.6 Å². The van der Waals surface area contributed by atoms with Crippen molar-refractivity contribution < 1.29 is 23.8 Å². The summed E-state index contributed by atoms with van der Waals surface area (Å²) in [5.74, 6) is -0.00418. The minimum atomic E-state index is -0.835. The van der Waals surface area contributed by atoms with Crippen molar-refractivity contribution in [2.45, 2.75) is 60.0 Å². The van der Waals surface area contributed by atoms with Crippen LogP contribution >= 0.6 is 0 Å². The van der Waals surface area contributed by atoms with E-state index in [1.54, 1.807) is 30.1 Å². The van der Waals surface area contributed by atoms with Gasteiger partial charge in [0, 0.05) is 12.5 Å². The van der Waals surface area contributed by atoms with Crippen LogP contribution in [0.5, 0.6) is 11.5 Å². The molecule has 0 unspecified atom stereocenters. The minimum absolute atomic E-state index is 0.0628. The highest BCUT2D eigenvalue weighted by molar-refractivity contribution is 5.72. The lowest BCUT2D eigenvalue weighted by molar-refractivity contribution is -0.136. The van der Waals surface area contributed by atoms with Gasteiger partial charge in [-0.2, -0.15) is 0 Å². The maximum Gasteiger partial charge on any atom is 0.303 e. The van der Waals surface area contributed by atoms with Crippen molar-refractivity contribution in [3.63, 3.8) is 0 Å². The first-order chi connectivity index (χ1) is 17.3. The van der Waals surface area contributed by atoms with E-state index in [9.17, 15) is 9.18 Å². The molecule has 0 aliphatic heterocycles. The molecule has 0 fully saturated rings. The van der Waals surface area contributed by atoms with Crippen molar-refractivity contribution in [3.8, 4) is 17.2 Å². The van der Waals surface area contributed by atoms with Crippen LogP contribution in [0.1, 0.15) is 63.9 Å². The number of carboxylic acids is 1. The molecular weight excluding hydrogens is 459 g/mol. The molecule has 3 aromatic rings. The molecule has 192 valence electrons. The van der Waals surface area contributed by atoms with Crippen molar-refractivity contribution in [2.75, 3.05) is 7.11 Å². The normalized spacial score (nSPS) is 14.0. The van der Waals surface area contributed by atoms with E-state index in [0.717, 1.165) is 29.7 Å². The van der Waals surface area contributed by atoms with E-state index >= 15 is 0 Å². The number of imidazole rings is 1. The molecule has 0 saturated carbocycles. The molecule has 1 N–H and O–H groups in total. The van der Waals surface area contributed by atoms with E-state index in [2.05, 4.69) is 24.9 Å². The van der Waals surface area contributed by atoms with Gasteiger partial charge in [-0.05, 0) is 60.1 Å². The summed E-state index contributed by atoms with van der Waals surface area (Å²) in [5, 5.41) is 8.94. The summed E-state index contributed by atoms with van der Waals surface area (Å²) in [4.78, 5) is 15.5. The molecule has 1 aliphatic carbocycles.